The Labute approximate surface area is 140 Å². The van der Waals surface area contributed by atoms with E-state index >= 15 is 0 Å². The van der Waals surface area contributed by atoms with Crippen LogP contribution in [0.25, 0.3) is 0 Å². The van der Waals surface area contributed by atoms with Gasteiger partial charge in [0.2, 0.25) is 5.91 Å². The van der Waals surface area contributed by atoms with Gasteiger partial charge in [-0.15, -0.1) is 0 Å². The van der Waals surface area contributed by atoms with Crippen LogP contribution in [0.15, 0.2) is 6.20 Å². The minimum absolute atomic E-state index is 0.222. The summed E-state index contributed by atoms with van der Waals surface area (Å²) in [5, 5.41) is 6.52. The zero-order chi connectivity index (χ0) is 16.3. The number of carbonyl (C=O) groups excluding carboxylic acids is 1. The Morgan fingerprint density at radius 2 is 2.09 bits per heavy atom. The molecule has 1 aromatic rings. The summed E-state index contributed by atoms with van der Waals surface area (Å²) >= 11 is 0. The number of nitrogens with one attached hydrogen (secondary N) is 3. The van der Waals surface area contributed by atoms with Crippen LogP contribution >= 0.6 is 0 Å². The summed E-state index contributed by atoms with van der Waals surface area (Å²) in [6.07, 6.45) is 14.0. The van der Waals surface area contributed by atoms with E-state index in [1.165, 1.54) is 32.1 Å². The van der Waals surface area contributed by atoms with E-state index in [9.17, 15) is 4.79 Å². The summed E-state index contributed by atoms with van der Waals surface area (Å²) in [7, 11) is 0. The molecule has 0 radical (unpaired) electrons. The molecule has 0 unspecified atom stereocenters. The molecule has 3 N–H and O–H groups in total. The summed E-state index contributed by atoms with van der Waals surface area (Å²) in [5.41, 5.74) is 0. The Morgan fingerprint density at radius 3 is 2.87 bits per heavy atom. The monoisotopic (exact) mass is 320 g/mol. The molecule has 0 atom stereocenters. The number of hydrogen-bond acceptors (Lipinski definition) is 3. The molecule has 1 aliphatic carbocycles. The number of amides is 1. The second kappa shape index (κ2) is 10.3. The number of aromatic amines is 1. The standard InChI is InChI=1S/C18H32N4O/c1-2-3-11-16-20-14-17(22-16)19-13-8-7-12-18(23)21-15-9-5-4-6-10-15/h14-15,19H,2-13H2,1H3,(H,20,22)(H,21,23). The van der Waals surface area contributed by atoms with E-state index in [0.29, 0.717) is 12.5 Å². The van der Waals surface area contributed by atoms with Crippen molar-refractivity contribution in [1.29, 1.82) is 0 Å². The van der Waals surface area contributed by atoms with Gasteiger partial charge in [0.05, 0.1) is 6.20 Å². The number of hydrogen-bond donors (Lipinski definition) is 3. The molecule has 130 valence electrons. The summed E-state index contributed by atoms with van der Waals surface area (Å²) in [4.78, 5) is 19.6. The summed E-state index contributed by atoms with van der Waals surface area (Å²) in [6.45, 7) is 3.07. The maximum atomic E-state index is 11.9. The molecule has 5 heteroatoms. The third-order valence-corrected chi connectivity index (χ3v) is 4.51. The maximum Gasteiger partial charge on any atom is 0.220 e. The number of aromatic nitrogens is 2. The molecule has 1 fully saturated rings. The SMILES string of the molecule is CCCCc1ncc(NCCCCC(=O)NC2CCCCC2)[nH]1. The lowest BCUT2D eigenvalue weighted by Crippen LogP contribution is -2.36. The Balaban J connectivity index is 1.51. The van der Waals surface area contributed by atoms with Crippen LogP contribution in [0.3, 0.4) is 0 Å². The van der Waals surface area contributed by atoms with Crippen LogP contribution in [0, 0.1) is 0 Å². The van der Waals surface area contributed by atoms with Crippen molar-refractivity contribution in [2.24, 2.45) is 0 Å². The number of aryl methyl sites for hydroxylation is 1. The minimum atomic E-state index is 0.222. The van der Waals surface area contributed by atoms with E-state index in [1.54, 1.807) is 0 Å². The number of carbonyl (C=O) groups is 1. The summed E-state index contributed by atoms with van der Waals surface area (Å²) in [5.74, 6) is 2.27. The average Bonchev–Trinajstić information content (AvgIpc) is 3.01. The molecule has 1 amide bonds. The number of H-pyrrole nitrogens is 1. The lowest BCUT2D eigenvalue weighted by molar-refractivity contribution is -0.122. The summed E-state index contributed by atoms with van der Waals surface area (Å²) < 4.78 is 0. The second-order valence-corrected chi connectivity index (χ2v) is 6.63. The van der Waals surface area contributed by atoms with E-state index in [1.807, 2.05) is 6.20 Å². The Hall–Kier alpha value is -1.52. The molecule has 0 spiro atoms. The number of nitrogens with zero attached hydrogens (tertiary/aromatic N) is 1. The summed E-state index contributed by atoms with van der Waals surface area (Å²) in [6, 6.07) is 0.431. The van der Waals surface area contributed by atoms with Crippen LogP contribution in [0.1, 0.15) is 77.0 Å². The van der Waals surface area contributed by atoms with Gasteiger partial charge in [0.1, 0.15) is 11.6 Å². The molecule has 1 aliphatic rings. The van der Waals surface area contributed by atoms with Gasteiger partial charge in [-0.2, -0.15) is 0 Å². The Kier molecular flexibility index (Phi) is 7.98. The lowest BCUT2D eigenvalue weighted by Gasteiger charge is -2.22. The highest BCUT2D eigenvalue weighted by molar-refractivity contribution is 5.76. The molecule has 1 aromatic heterocycles. The maximum absolute atomic E-state index is 11.9. The fourth-order valence-corrected chi connectivity index (χ4v) is 3.10. The average molecular weight is 320 g/mol. The molecule has 5 nitrogen and oxygen atoms in total. The van der Waals surface area contributed by atoms with Gasteiger partial charge in [0, 0.05) is 25.4 Å². The highest BCUT2D eigenvalue weighted by atomic mass is 16.1. The molecule has 2 rings (SSSR count). The van der Waals surface area contributed by atoms with Gasteiger partial charge in [-0.25, -0.2) is 4.98 Å². The molecule has 1 saturated carbocycles. The predicted molar refractivity (Wildman–Crippen MR) is 94.6 cm³/mol. The van der Waals surface area contributed by atoms with E-state index in [-0.39, 0.29) is 5.91 Å². The first-order valence-electron chi connectivity index (χ1n) is 9.35. The zero-order valence-corrected chi connectivity index (χ0v) is 14.5. The largest absolute Gasteiger partial charge is 0.370 e. The Bertz CT molecular complexity index is 452. The predicted octanol–water partition coefficient (Wildman–Crippen LogP) is 3.78. The van der Waals surface area contributed by atoms with Crippen molar-refractivity contribution in [2.75, 3.05) is 11.9 Å². The number of anilines is 1. The fourth-order valence-electron chi connectivity index (χ4n) is 3.10. The number of rotatable bonds is 10. The molecule has 23 heavy (non-hydrogen) atoms. The van der Waals surface area contributed by atoms with Crippen LogP contribution in [0.4, 0.5) is 5.82 Å². The van der Waals surface area contributed by atoms with Crippen molar-refractivity contribution in [3.05, 3.63) is 12.0 Å². The number of imidazole rings is 1. The quantitative estimate of drug-likeness (QED) is 0.575. The van der Waals surface area contributed by atoms with E-state index in [0.717, 1.165) is 50.3 Å². The second-order valence-electron chi connectivity index (χ2n) is 6.63. The van der Waals surface area contributed by atoms with Crippen molar-refractivity contribution in [2.45, 2.75) is 83.6 Å². The normalized spacial score (nSPS) is 15.5. The van der Waals surface area contributed by atoms with Crippen molar-refractivity contribution in [3.63, 3.8) is 0 Å². The number of unbranched alkanes of at least 4 members (excludes halogenated alkanes) is 2. The van der Waals surface area contributed by atoms with Gasteiger partial charge in [-0.1, -0.05) is 32.6 Å². The van der Waals surface area contributed by atoms with Crippen molar-refractivity contribution < 1.29 is 4.79 Å². The first kappa shape index (κ1) is 17.8. The Morgan fingerprint density at radius 1 is 1.26 bits per heavy atom. The van der Waals surface area contributed by atoms with Gasteiger partial charge >= 0.3 is 0 Å². The van der Waals surface area contributed by atoms with Crippen LogP contribution in [0.5, 0.6) is 0 Å². The third kappa shape index (κ3) is 7.06. The van der Waals surface area contributed by atoms with Crippen LogP contribution < -0.4 is 10.6 Å². The highest BCUT2D eigenvalue weighted by Gasteiger charge is 2.15. The van der Waals surface area contributed by atoms with Gasteiger partial charge in [-0.3, -0.25) is 4.79 Å². The molecular weight excluding hydrogens is 288 g/mol. The van der Waals surface area contributed by atoms with Crippen molar-refractivity contribution in [1.82, 2.24) is 15.3 Å². The van der Waals surface area contributed by atoms with Crippen molar-refractivity contribution >= 4 is 11.7 Å². The van der Waals surface area contributed by atoms with Gasteiger partial charge in [0.25, 0.3) is 0 Å². The van der Waals surface area contributed by atoms with E-state index in [2.05, 4.69) is 27.5 Å². The molecule has 1 heterocycles. The minimum Gasteiger partial charge on any atom is -0.370 e. The smallest absolute Gasteiger partial charge is 0.220 e. The van der Waals surface area contributed by atoms with Crippen LogP contribution in [-0.4, -0.2) is 28.5 Å². The van der Waals surface area contributed by atoms with Gasteiger partial charge < -0.3 is 15.6 Å². The van der Waals surface area contributed by atoms with Crippen LogP contribution in [0.2, 0.25) is 0 Å². The topological polar surface area (TPSA) is 69.8 Å². The first-order valence-corrected chi connectivity index (χ1v) is 9.35. The fraction of sp³-hybridized carbons (Fsp3) is 0.778. The molecule has 0 saturated heterocycles. The van der Waals surface area contributed by atoms with Gasteiger partial charge in [-0.05, 0) is 32.1 Å². The zero-order valence-electron chi connectivity index (χ0n) is 14.5. The molecular formula is C18H32N4O. The molecule has 0 aliphatic heterocycles. The molecule has 0 bridgehead atoms. The molecule has 0 aromatic carbocycles. The highest BCUT2D eigenvalue weighted by Crippen LogP contribution is 2.17. The van der Waals surface area contributed by atoms with Crippen molar-refractivity contribution in [3.8, 4) is 0 Å². The first-order chi connectivity index (χ1) is 11.3. The van der Waals surface area contributed by atoms with Gasteiger partial charge in [0.15, 0.2) is 0 Å². The van der Waals surface area contributed by atoms with Crippen LogP contribution in [-0.2, 0) is 11.2 Å². The third-order valence-electron chi connectivity index (χ3n) is 4.51. The lowest BCUT2D eigenvalue weighted by atomic mass is 9.95. The van der Waals surface area contributed by atoms with E-state index < -0.39 is 0 Å². The van der Waals surface area contributed by atoms with E-state index in [4.69, 9.17) is 0 Å².